The molecule has 0 aliphatic carbocycles. The van der Waals surface area contributed by atoms with Gasteiger partial charge in [-0.05, 0) is 6.08 Å². The summed E-state index contributed by atoms with van der Waals surface area (Å²) >= 11 is 0. The fraction of sp³-hybridized carbons (Fsp3) is 0.143. The van der Waals surface area contributed by atoms with Gasteiger partial charge in [0, 0.05) is 18.4 Å². The first kappa shape index (κ1) is 12.4. The molecule has 0 bridgehead atoms. The minimum Gasteiger partial charge on any atom is -0.291 e. The van der Waals surface area contributed by atoms with Crippen LogP contribution in [0.15, 0.2) is 36.7 Å². The molecule has 78 valence electrons. The summed E-state index contributed by atoms with van der Waals surface area (Å²) in [4.78, 5) is 9.59. The van der Waals surface area contributed by atoms with Gasteiger partial charge >= 0.3 is 0 Å². The quantitative estimate of drug-likeness (QED) is 0.411. The molecule has 0 aromatic heterocycles. The largest absolute Gasteiger partial charge is 0.291 e. The second kappa shape index (κ2) is 5.18. The van der Waals surface area contributed by atoms with Crippen LogP contribution in [0.5, 0.6) is 0 Å². The van der Waals surface area contributed by atoms with E-state index in [-0.39, 0.29) is 5.70 Å². The van der Waals surface area contributed by atoms with Gasteiger partial charge in [-0.15, -0.1) is 0 Å². The lowest BCUT2D eigenvalue weighted by Crippen LogP contribution is -2.14. The maximum atomic E-state index is 10.5. The predicted molar refractivity (Wildman–Crippen MR) is 52.4 cm³/mol. The first-order valence-electron chi connectivity index (χ1n) is 3.48. The van der Waals surface area contributed by atoms with Crippen molar-refractivity contribution in [2.75, 3.05) is 6.26 Å². The van der Waals surface area contributed by atoms with Crippen LogP contribution in [0.1, 0.15) is 0 Å². The van der Waals surface area contributed by atoms with E-state index in [1.807, 2.05) is 4.72 Å². The highest BCUT2D eigenvalue weighted by atomic mass is 32.2. The molecule has 0 aromatic rings. The molecule has 7 heteroatoms. The third kappa shape index (κ3) is 5.95. The lowest BCUT2D eigenvalue weighted by atomic mass is 10.4. The molecule has 0 amide bonds. The first-order valence-corrected chi connectivity index (χ1v) is 5.37. The molecular weight excluding hydrogens is 208 g/mol. The molecule has 14 heavy (non-hydrogen) atoms. The van der Waals surface area contributed by atoms with E-state index in [1.54, 1.807) is 0 Å². The standard InChI is InChI=1S/C7H10N2O4S/c1-3-7(9(10)11)5-4-6-8-14(2,12)13/h3-6,8H,1H2,2H3/b6-4+,7-5+. The van der Waals surface area contributed by atoms with Crippen molar-refractivity contribution < 1.29 is 13.3 Å². The lowest BCUT2D eigenvalue weighted by Gasteiger charge is -1.92. The first-order chi connectivity index (χ1) is 6.37. The normalized spacial score (nSPS) is 12.8. The van der Waals surface area contributed by atoms with Gasteiger partial charge in [-0.2, -0.15) is 0 Å². The van der Waals surface area contributed by atoms with Crippen LogP contribution in [0.4, 0.5) is 0 Å². The van der Waals surface area contributed by atoms with E-state index >= 15 is 0 Å². The Labute approximate surface area is 81.8 Å². The molecule has 0 fully saturated rings. The third-order valence-electron chi connectivity index (χ3n) is 1.07. The van der Waals surface area contributed by atoms with Crippen molar-refractivity contribution in [3.05, 3.63) is 46.8 Å². The summed E-state index contributed by atoms with van der Waals surface area (Å²) in [5, 5.41) is 10.2. The molecule has 1 N–H and O–H groups in total. The van der Waals surface area contributed by atoms with E-state index in [4.69, 9.17) is 0 Å². The molecule has 0 saturated carbocycles. The van der Waals surface area contributed by atoms with Crippen molar-refractivity contribution >= 4 is 10.0 Å². The number of sulfonamides is 1. The smallest absolute Gasteiger partial charge is 0.268 e. The Morgan fingerprint density at radius 1 is 1.57 bits per heavy atom. The maximum Gasteiger partial charge on any atom is 0.268 e. The van der Waals surface area contributed by atoms with Crippen LogP contribution < -0.4 is 4.72 Å². The molecule has 0 rings (SSSR count). The van der Waals surface area contributed by atoms with Crippen molar-refractivity contribution in [1.82, 2.24) is 4.72 Å². The highest BCUT2D eigenvalue weighted by molar-refractivity contribution is 7.88. The van der Waals surface area contributed by atoms with Crippen LogP contribution >= 0.6 is 0 Å². The van der Waals surface area contributed by atoms with Crippen molar-refractivity contribution in [3.63, 3.8) is 0 Å². The molecule has 0 aliphatic rings. The summed E-state index contributed by atoms with van der Waals surface area (Å²) in [6, 6.07) is 0. The van der Waals surface area contributed by atoms with Crippen LogP contribution in [0.3, 0.4) is 0 Å². The minimum absolute atomic E-state index is 0.212. The summed E-state index contributed by atoms with van der Waals surface area (Å²) < 4.78 is 23.1. The Balaban J connectivity index is 4.41. The maximum absolute atomic E-state index is 10.5. The molecule has 0 unspecified atom stereocenters. The van der Waals surface area contributed by atoms with E-state index in [2.05, 4.69) is 6.58 Å². The molecular formula is C7H10N2O4S. The molecule has 0 heterocycles. The van der Waals surface area contributed by atoms with Gasteiger partial charge in [-0.3, -0.25) is 14.8 Å². The van der Waals surface area contributed by atoms with Crippen molar-refractivity contribution in [2.45, 2.75) is 0 Å². The molecule has 0 aromatic carbocycles. The van der Waals surface area contributed by atoms with Crippen LogP contribution in [-0.2, 0) is 10.0 Å². The van der Waals surface area contributed by atoms with E-state index in [1.165, 1.54) is 6.08 Å². The Kier molecular flexibility index (Phi) is 4.57. The Bertz CT molecular complexity index is 380. The Morgan fingerprint density at radius 3 is 2.50 bits per heavy atom. The number of nitrogens with one attached hydrogen (secondary N) is 1. The average molecular weight is 218 g/mol. The van der Waals surface area contributed by atoms with E-state index in [0.717, 1.165) is 24.6 Å². The zero-order valence-corrected chi connectivity index (χ0v) is 8.32. The van der Waals surface area contributed by atoms with Gasteiger partial charge in [-0.1, -0.05) is 6.58 Å². The fourth-order valence-electron chi connectivity index (χ4n) is 0.513. The number of hydrogen-bond acceptors (Lipinski definition) is 4. The van der Waals surface area contributed by atoms with Crippen LogP contribution in [0.25, 0.3) is 0 Å². The summed E-state index contributed by atoms with van der Waals surface area (Å²) in [5.41, 5.74) is -0.212. The zero-order chi connectivity index (χ0) is 11.2. The van der Waals surface area contributed by atoms with Crippen molar-refractivity contribution in [2.24, 2.45) is 0 Å². The summed E-state index contributed by atoms with van der Waals surface area (Å²) in [7, 11) is -3.31. The van der Waals surface area contributed by atoms with Crippen LogP contribution in [0.2, 0.25) is 0 Å². The molecule has 0 spiro atoms. The Morgan fingerprint density at radius 2 is 2.14 bits per heavy atom. The number of hydrogen-bond donors (Lipinski definition) is 1. The predicted octanol–water partition coefficient (Wildman–Crippen LogP) is 0.396. The van der Waals surface area contributed by atoms with Gasteiger partial charge in [0.15, 0.2) is 0 Å². The number of rotatable bonds is 5. The number of allylic oxidation sites excluding steroid dienone is 3. The van der Waals surface area contributed by atoms with Crippen molar-refractivity contribution in [3.8, 4) is 0 Å². The molecule has 0 atom stereocenters. The Hall–Kier alpha value is -1.63. The average Bonchev–Trinajstić information content (AvgIpc) is 2.01. The van der Waals surface area contributed by atoms with Gasteiger partial charge in [0.05, 0.1) is 11.2 Å². The van der Waals surface area contributed by atoms with Gasteiger partial charge in [-0.25, -0.2) is 8.42 Å². The van der Waals surface area contributed by atoms with Crippen molar-refractivity contribution in [1.29, 1.82) is 0 Å². The highest BCUT2D eigenvalue weighted by Crippen LogP contribution is 1.95. The molecule has 0 radical (unpaired) electrons. The molecule has 6 nitrogen and oxygen atoms in total. The van der Waals surface area contributed by atoms with Gasteiger partial charge in [0.1, 0.15) is 0 Å². The van der Waals surface area contributed by atoms with Gasteiger partial charge in [0.2, 0.25) is 10.0 Å². The molecule has 0 saturated heterocycles. The van der Waals surface area contributed by atoms with Crippen LogP contribution in [0, 0.1) is 10.1 Å². The third-order valence-corrected chi connectivity index (χ3v) is 1.63. The zero-order valence-electron chi connectivity index (χ0n) is 7.50. The van der Waals surface area contributed by atoms with Crippen LogP contribution in [-0.4, -0.2) is 19.6 Å². The lowest BCUT2D eigenvalue weighted by molar-refractivity contribution is -0.418. The number of nitrogens with zero attached hydrogens (tertiary/aromatic N) is 1. The van der Waals surface area contributed by atoms with Gasteiger partial charge < -0.3 is 0 Å². The number of nitro groups is 1. The molecule has 0 aliphatic heterocycles. The summed E-state index contributed by atoms with van der Waals surface area (Å²) in [6.07, 6.45) is 5.46. The fourth-order valence-corrected chi connectivity index (χ4v) is 0.839. The minimum atomic E-state index is -3.31. The summed E-state index contributed by atoms with van der Waals surface area (Å²) in [6.45, 7) is 3.23. The SMILES string of the molecule is C=C/C(=C\C=C\NS(C)(=O)=O)[N+](=O)[O-]. The topological polar surface area (TPSA) is 89.3 Å². The van der Waals surface area contributed by atoms with E-state index in [0.29, 0.717) is 0 Å². The monoisotopic (exact) mass is 218 g/mol. The van der Waals surface area contributed by atoms with Gasteiger partial charge in [0.25, 0.3) is 5.70 Å². The second-order valence-electron chi connectivity index (χ2n) is 2.30. The highest BCUT2D eigenvalue weighted by Gasteiger charge is 2.01. The van der Waals surface area contributed by atoms with E-state index in [9.17, 15) is 18.5 Å². The summed E-state index contributed by atoms with van der Waals surface area (Å²) in [5.74, 6) is 0. The van der Waals surface area contributed by atoms with E-state index < -0.39 is 14.9 Å². The second-order valence-corrected chi connectivity index (χ2v) is 4.08.